The predicted octanol–water partition coefficient (Wildman–Crippen LogP) is 2.96. The molecule has 1 fully saturated rings. The monoisotopic (exact) mass is 345 g/mol. The van der Waals surface area contributed by atoms with E-state index >= 15 is 0 Å². The van der Waals surface area contributed by atoms with Gasteiger partial charge in [-0.15, -0.1) is 11.3 Å². The number of carbonyl (C=O) groups excluding carboxylic acids is 1. The highest BCUT2D eigenvalue weighted by Gasteiger charge is 2.35. The van der Waals surface area contributed by atoms with Crippen molar-refractivity contribution in [2.24, 2.45) is 13.0 Å². The molecule has 1 amide bonds. The molecule has 0 saturated heterocycles. The fourth-order valence-electron chi connectivity index (χ4n) is 3.39. The first-order valence-corrected chi connectivity index (χ1v) is 9.41. The molecule has 0 bridgehead atoms. The molecule has 0 aromatic carbocycles. The standard InChI is InChI=1S/C18H23N3O2S/c1-12-3-6-16(24-12)18(22)21-8-7-14-9-19-20(2)17(14)15(21)11-23-10-13-4-5-13/h3,6,9,13,15H,4-5,7-8,10-11H2,1-2H3/t15-/m1/s1. The highest BCUT2D eigenvalue weighted by atomic mass is 32.1. The number of aromatic nitrogens is 2. The van der Waals surface area contributed by atoms with E-state index in [1.165, 1.54) is 18.4 Å². The third kappa shape index (κ3) is 3.00. The topological polar surface area (TPSA) is 47.4 Å². The van der Waals surface area contributed by atoms with Gasteiger partial charge in [-0.05, 0) is 49.8 Å². The zero-order chi connectivity index (χ0) is 16.7. The lowest BCUT2D eigenvalue weighted by Gasteiger charge is -2.35. The molecule has 2 aliphatic rings. The summed E-state index contributed by atoms with van der Waals surface area (Å²) in [5.41, 5.74) is 2.36. The van der Waals surface area contributed by atoms with Crippen LogP contribution in [0.4, 0.5) is 0 Å². The first kappa shape index (κ1) is 15.8. The summed E-state index contributed by atoms with van der Waals surface area (Å²) in [6.07, 6.45) is 5.34. The fraction of sp³-hybridized carbons (Fsp3) is 0.556. The molecule has 2 aromatic rings. The van der Waals surface area contributed by atoms with Gasteiger partial charge in [0.2, 0.25) is 0 Å². The number of hydrogen-bond donors (Lipinski definition) is 0. The number of aryl methyl sites for hydroxylation is 2. The average molecular weight is 345 g/mol. The van der Waals surface area contributed by atoms with Crippen molar-refractivity contribution in [3.8, 4) is 0 Å². The zero-order valence-corrected chi connectivity index (χ0v) is 15.0. The molecule has 1 atom stereocenters. The van der Waals surface area contributed by atoms with Gasteiger partial charge in [-0.25, -0.2) is 0 Å². The Morgan fingerprint density at radius 1 is 1.38 bits per heavy atom. The van der Waals surface area contributed by atoms with Crippen molar-refractivity contribution < 1.29 is 9.53 Å². The number of fused-ring (bicyclic) bond motifs is 1. The maximum atomic E-state index is 13.0. The smallest absolute Gasteiger partial charge is 0.264 e. The number of rotatable bonds is 5. The minimum absolute atomic E-state index is 0.0464. The van der Waals surface area contributed by atoms with Crippen LogP contribution in [0.5, 0.6) is 0 Å². The predicted molar refractivity (Wildman–Crippen MR) is 93.3 cm³/mol. The maximum Gasteiger partial charge on any atom is 0.264 e. The van der Waals surface area contributed by atoms with Crippen molar-refractivity contribution in [3.05, 3.63) is 39.3 Å². The van der Waals surface area contributed by atoms with Crippen LogP contribution < -0.4 is 0 Å². The Kier molecular flexibility index (Phi) is 4.18. The van der Waals surface area contributed by atoms with E-state index in [1.807, 2.05) is 41.9 Å². The SMILES string of the molecule is Cc1ccc(C(=O)N2CCc3cnn(C)c3[C@H]2COCC2CC2)s1. The van der Waals surface area contributed by atoms with Crippen LogP contribution >= 0.6 is 11.3 Å². The molecule has 24 heavy (non-hydrogen) atoms. The second kappa shape index (κ2) is 6.33. The number of thiophene rings is 1. The van der Waals surface area contributed by atoms with Gasteiger partial charge in [0.25, 0.3) is 5.91 Å². The Labute approximate surface area is 146 Å². The maximum absolute atomic E-state index is 13.0. The summed E-state index contributed by atoms with van der Waals surface area (Å²) in [5, 5.41) is 4.40. The first-order chi connectivity index (χ1) is 11.6. The molecule has 128 valence electrons. The third-order valence-corrected chi connectivity index (χ3v) is 5.91. The van der Waals surface area contributed by atoms with Gasteiger partial charge in [0, 0.05) is 25.1 Å². The summed E-state index contributed by atoms with van der Waals surface area (Å²) < 4.78 is 7.87. The fourth-order valence-corrected chi connectivity index (χ4v) is 4.22. The zero-order valence-electron chi connectivity index (χ0n) is 14.2. The van der Waals surface area contributed by atoms with E-state index in [1.54, 1.807) is 11.3 Å². The number of carbonyl (C=O) groups is 1. The van der Waals surface area contributed by atoms with Gasteiger partial charge in [0.05, 0.1) is 29.4 Å². The van der Waals surface area contributed by atoms with E-state index in [0.717, 1.165) is 40.9 Å². The van der Waals surface area contributed by atoms with Gasteiger partial charge < -0.3 is 9.64 Å². The van der Waals surface area contributed by atoms with Gasteiger partial charge in [0.15, 0.2) is 0 Å². The molecule has 5 nitrogen and oxygen atoms in total. The second-order valence-electron chi connectivity index (χ2n) is 6.83. The van der Waals surface area contributed by atoms with Crippen LogP contribution in [-0.4, -0.2) is 40.3 Å². The highest BCUT2D eigenvalue weighted by Crippen LogP contribution is 2.33. The van der Waals surface area contributed by atoms with Crippen molar-refractivity contribution >= 4 is 17.2 Å². The normalized spacial score (nSPS) is 20.2. The highest BCUT2D eigenvalue weighted by molar-refractivity contribution is 7.13. The molecule has 6 heteroatoms. The van der Waals surface area contributed by atoms with Crippen LogP contribution in [0.3, 0.4) is 0 Å². The molecule has 4 rings (SSSR count). The minimum Gasteiger partial charge on any atom is -0.379 e. The second-order valence-corrected chi connectivity index (χ2v) is 8.12. The number of hydrogen-bond acceptors (Lipinski definition) is 4. The van der Waals surface area contributed by atoms with Crippen molar-refractivity contribution in [2.45, 2.75) is 32.2 Å². The minimum atomic E-state index is -0.0464. The van der Waals surface area contributed by atoms with Crippen LogP contribution in [-0.2, 0) is 18.2 Å². The Morgan fingerprint density at radius 2 is 2.21 bits per heavy atom. The van der Waals surface area contributed by atoms with Crippen LogP contribution in [0.1, 0.15) is 44.7 Å². The molecular formula is C18H23N3O2S. The van der Waals surface area contributed by atoms with Crippen LogP contribution in [0.25, 0.3) is 0 Å². The summed E-state index contributed by atoms with van der Waals surface area (Å²) in [4.78, 5) is 17.0. The lowest BCUT2D eigenvalue weighted by atomic mass is 10.00. The summed E-state index contributed by atoms with van der Waals surface area (Å²) in [7, 11) is 1.95. The summed E-state index contributed by atoms with van der Waals surface area (Å²) >= 11 is 1.56. The summed E-state index contributed by atoms with van der Waals surface area (Å²) in [5.74, 6) is 0.837. The summed E-state index contributed by atoms with van der Waals surface area (Å²) in [6, 6.07) is 3.90. The molecule has 0 spiro atoms. The van der Waals surface area contributed by atoms with E-state index < -0.39 is 0 Å². The number of nitrogens with zero attached hydrogens (tertiary/aromatic N) is 3. The van der Waals surface area contributed by atoms with E-state index in [2.05, 4.69) is 5.10 Å². The molecule has 1 aliphatic carbocycles. The van der Waals surface area contributed by atoms with E-state index in [0.29, 0.717) is 6.61 Å². The Morgan fingerprint density at radius 3 is 2.92 bits per heavy atom. The van der Waals surface area contributed by atoms with Gasteiger partial charge >= 0.3 is 0 Å². The average Bonchev–Trinajstić information content (AvgIpc) is 3.17. The lowest BCUT2D eigenvalue weighted by molar-refractivity contribution is 0.0351. The van der Waals surface area contributed by atoms with Gasteiger partial charge in [-0.2, -0.15) is 5.10 Å². The molecule has 0 radical (unpaired) electrons. The van der Waals surface area contributed by atoms with E-state index in [-0.39, 0.29) is 11.9 Å². The number of amides is 1. The molecule has 1 aliphatic heterocycles. The molecule has 2 aromatic heterocycles. The number of ether oxygens (including phenoxy) is 1. The largest absolute Gasteiger partial charge is 0.379 e. The van der Waals surface area contributed by atoms with E-state index in [4.69, 9.17) is 4.74 Å². The molecule has 0 unspecified atom stereocenters. The quantitative estimate of drug-likeness (QED) is 0.837. The van der Waals surface area contributed by atoms with Crippen LogP contribution in [0, 0.1) is 12.8 Å². The Balaban J connectivity index is 1.58. The van der Waals surface area contributed by atoms with Crippen molar-refractivity contribution in [1.82, 2.24) is 14.7 Å². The third-order valence-electron chi connectivity index (χ3n) is 4.92. The first-order valence-electron chi connectivity index (χ1n) is 8.59. The molecule has 3 heterocycles. The Hall–Kier alpha value is -1.66. The van der Waals surface area contributed by atoms with Crippen LogP contribution in [0.2, 0.25) is 0 Å². The Bertz CT molecular complexity index is 747. The molecule has 1 saturated carbocycles. The van der Waals surface area contributed by atoms with Gasteiger partial charge in [-0.3, -0.25) is 9.48 Å². The van der Waals surface area contributed by atoms with Gasteiger partial charge in [0.1, 0.15) is 0 Å². The van der Waals surface area contributed by atoms with Crippen molar-refractivity contribution in [3.63, 3.8) is 0 Å². The molecular weight excluding hydrogens is 322 g/mol. The van der Waals surface area contributed by atoms with E-state index in [9.17, 15) is 4.79 Å². The van der Waals surface area contributed by atoms with Gasteiger partial charge in [-0.1, -0.05) is 0 Å². The summed E-state index contributed by atoms with van der Waals surface area (Å²) in [6.45, 7) is 4.13. The lowest BCUT2D eigenvalue weighted by Crippen LogP contribution is -2.42. The molecule has 0 N–H and O–H groups in total. The van der Waals surface area contributed by atoms with Crippen molar-refractivity contribution in [2.75, 3.05) is 19.8 Å². The van der Waals surface area contributed by atoms with Crippen molar-refractivity contribution in [1.29, 1.82) is 0 Å². The van der Waals surface area contributed by atoms with Crippen LogP contribution in [0.15, 0.2) is 18.3 Å².